The fourth-order valence-electron chi connectivity index (χ4n) is 4.26. The Kier molecular flexibility index (Phi) is 6.54. The van der Waals surface area contributed by atoms with E-state index in [1.54, 1.807) is 43.3 Å². The van der Waals surface area contributed by atoms with Gasteiger partial charge in [-0.15, -0.1) is 0 Å². The molecule has 0 aromatic heterocycles. The molecule has 0 unspecified atom stereocenters. The van der Waals surface area contributed by atoms with E-state index in [-0.39, 0.29) is 22.5 Å². The molecule has 0 amide bonds. The van der Waals surface area contributed by atoms with Gasteiger partial charge in [0.1, 0.15) is 23.5 Å². The summed E-state index contributed by atoms with van der Waals surface area (Å²) in [6, 6.07) is 16.3. The standard InChI is InChI=1S/C28H23FN2O4/c1-15-11-21(17(3)31-24-10-5-4-8-19(24)28(33)34)27-22(12-15)23(14-32)16(2)26(35-27)20-9-6-7-18(13-30)25(20)29/h4-12,17,28,31,33-34H,1-3H3/t17-/m1/s1. The minimum absolute atomic E-state index is 0.0702. The van der Waals surface area contributed by atoms with Crippen molar-refractivity contribution >= 4 is 23.0 Å². The van der Waals surface area contributed by atoms with Gasteiger partial charge in [-0.2, -0.15) is 5.26 Å². The summed E-state index contributed by atoms with van der Waals surface area (Å²) in [5.41, 5.74) is 3.49. The number of anilines is 1. The second kappa shape index (κ2) is 9.57. The quantitative estimate of drug-likeness (QED) is 0.350. The van der Waals surface area contributed by atoms with Gasteiger partial charge in [-0.3, -0.25) is 0 Å². The molecule has 0 spiro atoms. The molecule has 1 aliphatic heterocycles. The molecule has 176 valence electrons. The minimum Gasteiger partial charge on any atom is -0.455 e. The number of benzene rings is 3. The molecule has 3 aromatic carbocycles. The third kappa shape index (κ3) is 4.34. The lowest BCUT2D eigenvalue weighted by atomic mass is 9.89. The highest BCUT2D eigenvalue weighted by Gasteiger charge is 2.30. The normalized spacial score (nSPS) is 13.6. The first-order chi connectivity index (χ1) is 16.8. The Morgan fingerprint density at radius 3 is 2.46 bits per heavy atom. The van der Waals surface area contributed by atoms with E-state index in [9.17, 15) is 20.3 Å². The molecule has 4 rings (SSSR count). The second-order valence-corrected chi connectivity index (χ2v) is 8.37. The number of ether oxygens (including phenoxy) is 1. The minimum atomic E-state index is -1.66. The van der Waals surface area contributed by atoms with E-state index < -0.39 is 18.1 Å². The van der Waals surface area contributed by atoms with E-state index in [1.165, 1.54) is 12.1 Å². The number of rotatable bonds is 5. The number of allylic oxidation sites excluding steroid dienone is 2. The lowest BCUT2D eigenvalue weighted by Gasteiger charge is -2.28. The zero-order valence-electron chi connectivity index (χ0n) is 19.4. The number of nitriles is 1. The number of nitrogens with zero attached hydrogens (tertiary/aromatic N) is 1. The predicted octanol–water partition coefficient (Wildman–Crippen LogP) is 5.20. The monoisotopic (exact) mass is 470 g/mol. The van der Waals surface area contributed by atoms with Crippen molar-refractivity contribution in [3.05, 3.63) is 99.4 Å². The third-order valence-corrected chi connectivity index (χ3v) is 5.99. The van der Waals surface area contributed by atoms with Crippen LogP contribution in [0.5, 0.6) is 5.75 Å². The number of carbonyl (C=O) groups excluding carboxylic acids is 1. The summed E-state index contributed by atoms with van der Waals surface area (Å²) in [6.07, 6.45) is -1.66. The molecule has 0 bridgehead atoms. The number of hydrogen-bond acceptors (Lipinski definition) is 6. The first-order valence-corrected chi connectivity index (χ1v) is 11.0. The number of aliphatic hydroxyl groups excluding tert-OH is 1. The third-order valence-electron chi connectivity index (χ3n) is 5.99. The van der Waals surface area contributed by atoms with E-state index in [4.69, 9.17) is 4.74 Å². The van der Waals surface area contributed by atoms with Crippen molar-refractivity contribution in [3.63, 3.8) is 0 Å². The molecule has 1 heterocycles. The Hall–Kier alpha value is -4.21. The molecule has 0 aliphatic carbocycles. The van der Waals surface area contributed by atoms with Crippen LogP contribution in [0.25, 0.3) is 11.3 Å². The molecular formula is C28H23FN2O4. The van der Waals surface area contributed by atoms with Crippen LogP contribution in [0.15, 0.2) is 60.2 Å². The number of aryl methyl sites for hydroxylation is 1. The molecule has 0 saturated carbocycles. The van der Waals surface area contributed by atoms with E-state index in [0.717, 1.165) is 5.56 Å². The van der Waals surface area contributed by atoms with Crippen LogP contribution < -0.4 is 10.1 Å². The van der Waals surface area contributed by atoms with Gasteiger partial charge in [0.25, 0.3) is 0 Å². The van der Waals surface area contributed by atoms with E-state index in [2.05, 4.69) is 5.32 Å². The summed E-state index contributed by atoms with van der Waals surface area (Å²) in [7, 11) is 0. The van der Waals surface area contributed by atoms with Gasteiger partial charge in [-0.25, -0.2) is 9.18 Å². The van der Waals surface area contributed by atoms with Gasteiger partial charge >= 0.3 is 0 Å². The fraction of sp³-hybridized carbons (Fsp3) is 0.179. The van der Waals surface area contributed by atoms with Gasteiger partial charge in [-0.05, 0) is 50.6 Å². The summed E-state index contributed by atoms with van der Waals surface area (Å²) in [5, 5.41) is 32.0. The second-order valence-electron chi connectivity index (χ2n) is 8.37. The van der Waals surface area contributed by atoms with Gasteiger partial charge in [0.05, 0.1) is 22.7 Å². The number of aliphatic hydroxyl groups is 2. The Morgan fingerprint density at radius 1 is 1.03 bits per heavy atom. The smallest absolute Gasteiger partial charge is 0.180 e. The number of halogens is 1. The number of hydrogen-bond donors (Lipinski definition) is 3. The highest BCUT2D eigenvalue weighted by atomic mass is 19.1. The average Bonchev–Trinajstić information content (AvgIpc) is 2.84. The number of nitrogens with one attached hydrogen (secondary N) is 1. The van der Waals surface area contributed by atoms with Crippen LogP contribution in [-0.4, -0.2) is 16.2 Å². The first kappa shape index (κ1) is 23.9. The first-order valence-electron chi connectivity index (χ1n) is 11.0. The molecule has 35 heavy (non-hydrogen) atoms. The molecule has 7 heteroatoms. The lowest BCUT2D eigenvalue weighted by molar-refractivity contribution is -0.0419. The van der Waals surface area contributed by atoms with E-state index in [1.807, 2.05) is 31.9 Å². The number of fused-ring (bicyclic) bond motifs is 1. The molecule has 1 atom stereocenters. The predicted molar refractivity (Wildman–Crippen MR) is 130 cm³/mol. The Balaban J connectivity index is 1.85. The summed E-state index contributed by atoms with van der Waals surface area (Å²) >= 11 is 0. The van der Waals surface area contributed by atoms with Crippen LogP contribution >= 0.6 is 0 Å². The van der Waals surface area contributed by atoms with Crippen molar-refractivity contribution in [2.24, 2.45) is 0 Å². The fourth-order valence-corrected chi connectivity index (χ4v) is 4.26. The van der Waals surface area contributed by atoms with Crippen LogP contribution in [-0.2, 0) is 4.79 Å². The van der Waals surface area contributed by atoms with Crippen molar-refractivity contribution < 1.29 is 24.1 Å². The highest BCUT2D eigenvalue weighted by molar-refractivity contribution is 6.04. The lowest BCUT2D eigenvalue weighted by Crippen LogP contribution is -2.16. The summed E-state index contributed by atoms with van der Waals surface area (Å²) < 4.78 is 21.3. The zero-order valence-corrected chi connectivity index (χ0v) is 19.4. The van der Waals surface area contributed by atoms with Crippen LogP contribution in [0, 0.1) is 24.1 Å². The van der Waals surface area contributed by atoms with Crippen molar-refractivity contribution in [1.82, 2.24) is 0 Å². The Labute approximate surface area is 202 Å². The van der Waals surface area contributed by atoms with Crippen LogP contribution in [0.3, 0.4) is 0 Å². The van der Waals surface area contributed by atoms with Crippen LogP contribution in [0.2, 0.25) is 0 Å². The summed E-state index contributed by atoms with van der Waals surface area (Å²) in [6.45, 7) is 5.40. The van der Waals surface area contributed by atoms with Gasteiger partial charge < -0.3 is 20.3 Å². The van der Waals surface area contributed by atoms with Crippen LogP contribution in [0.1, 0.15) is 59.6 Å². The Morgan fingerprint density at radius 2 is 1.77 bits per heavy atom. The average molecular weight is 471 g/mol. The van der Waals surface area contributed by atoms with E-state index >= 15 is 4.39 Å². The zero-order chi connectivity index (χ0) is 25.3. The van der Waals surface area contributed by atoms with Crippen molar-refractivity contribution in [2.75, 3.05) is 5.32 Å². The molecule has 1 aliphatic rings. The molecule has 6 nitrogen and oxygen atoms in total. The van der Waals surface area contributed by atoms with Gasteiger partial charge in [-0.1, -0.05) is 30.3 Å². The van der Waals surface area contributed by atoms with Crippen molar-refractivity contribution in [2.45, 2.75) is 33.1 Å². The van der Waals surface area contributed by atoms with Crippen molar-refractivity contribution in [3.8, 4) is 11.8 Å². The molecule has 3 aromatic rings. The maximum absolute atomic E-state index is 15.1. The molecular weight excluding hydrogens is 447 g/mol. The molecule has 0 fully saturated rings. The van der Waals surface area contributed by atoms with Crippen molar-refractivity contribution in [1.29, 1.82) is 5.26 Å². The highest BCUT2D eigenvalue weighted by Crippen LogP contribution is 2.45. The van der Waals surface area contributed by atoms with Gasteiger partial charge in [0.15, 0.2) is 12.1 Å². The summed E-state index contributed by atoms with van der Waals surface area (Å²) in [5.74, 6) is 1.74. The van der Waals surface area contributed by atoms with E-state index in [0.29, 0.717) is 33.7 Å². The molecule has 0 saturated heterocycles. The maximum atomic E-state index is 15.1. The van der Waals surface area contributed by atoms with Gasteiger partial charge in [0, 0.05) is 28.0 Å². The maximum Gasteiger partial charge on any atom is 0.180 e. The Bertz CT molecular complexity index is 1450. The molecule has 0 radical (unpaired) electrons. The molecule has 3 N–H and O–H groups in total. The largest absolute Gasteiger partial charge is 0.455 e. The summed E-state index contributed by atoms with van der Waals surface area (Å²) in [4.78, 5) is 12.1. The van der Waals surface area contributed by atoms with Crippen LogP contribution in [0.4, 0.5) is 10.1 Å². The number of para-hydroxylation sites is 1. The topological polar surface area (TPSA) is 103 Å². The van der Waals surface area contributed by atoms with Gasteiger partial charge in [0.2, 0.25) is 0 Å². The SMILES string of the molecule is CC1=C(c2cccc(C#N)c2F)Oc2c(cc(C)cc2[C@@H](C)Nc2ccccc2C(O)O)C1=C=O.